The van der Waals surface area contributed by atoms with Crippen molar-refractivity contribution in [3.63, 3.8) is 0 Å². The Balaban J connectivity index is 1.79. The maximum atomic E-state index is 10.2. The summed E-state index contributed by atoms with van der Waals surface area (Å²) in [6.45, 7) is 0.925. The Morgan fingerprint density at radius 3 is 2.82 bits per heavy atom. The Labute approximate surface area is 132 Å². The molecule has 0 aromatic heterocycles. The molecule has 1 saturated carbocycles. The number of ether oxygens (including phenoxy) is 1. The normalized spacial score (nSPS) is 18.0. The number of aliphatic hydroxyl groups is 1. The molecule has 1 fully saturated rings. The van der Waals surface area contributed by atoms with E-state index in [4.69, 9.17) is 10.5 Å². The van der Waals surface area contributed by atoms with E-state index in [1.54, 1.807) is 7.11 Å². The summed E-state index contributed by atoms with van der Waals surface area (Å²) in [5, 5.41) is 13.2. The number of methoxy groups -OCH3 is 1. The zero-order valence-electron chi connectivity index (χ0n) is 13.3. The number of rotatable bonds is 6. The first-order valence-corrected chi connectivity index (χ1v) is 8.04. The van der Waals surface area contributed by atoms with Crippen LogP contribution in [0.2, 0.25) is 0 Å². The van der Waals surface area contributed by atoms with Crippen LogP contribution in [0.3, 0.4) is 0 Å². The first-order valence-electron chi connectivity index (χ1n) is 8.04. The summed E-state index contributed by atoms with van der Waals surface area (Å²) in [6, 6.07) is 7.74. The number of hydrogen-bond acceptors (Lipinski definition) is 3. The highest BCUT2D eigenvalue weighted by Crippen LogP contribution is 2.26. The number of benzene rings is 1. The van der Waals surface area contributed by atoms with Gasteiger partial charge in [0.15, 0.2) is 5.96 Å². The molecule has 0 radical (unpaired) electrons. The molecular formula is C17H27N3O2. The number of nitrogens with two attached hydrogens (primary N) is 1. The minimum atomic E-state index is -0.347. The Hall–Kier alpha value is -1.75. The minimum Gasteiger partial charge on any atom is -0.496 e. The Kier molecular flexibility index (Phi) is 6.52. The highest BCUT2D eigenvalue weighted by Gasteiger charge is 2.21. The second-order valence-electron chi connectivity index (χ2n) is 5.86. The van der Waals surface area contributed by atoms with E-state index in [0.29, 0.717) is 25.0 Å². The van der Waals surface area contributed by atoms with Gasteiger partial charge in [-0.05, 0) is 24.8 Å². The van der Waals surface area contributed by atoms with Gasteiger partial charge in [0, 0.05) is 12.1 Å². The molecule has 4 N–H and O–H groups in total. The van der Waals surface area contributed by atoms with Crippen molar-refractivity contribution in [1.29, 1.82) is 0 Å². The van der Waals surface area contributed by atoms with Gasteiger partial charge in [-0.25, -0.2) is 4.99 Å². The molecule has 0 heterocycles. The summed E-state index contributed by atoms with van der Waals surface area (Å²) in [5.74, 6) is 1.56. The SMILES string of the molecule is COc1ccccc1CN=C(N)NC[C@H](O)C1CCCCC1. The number of nitrogens with one attached hydrogen (secondary N) is 1. The van der Waals surface area contributed by atoms with E-state index in [9.17, 15) is 5.11 Å². The number of para-hydroxylation sites is 1. The van der Waals surface area contributed by atoms with Gasteiger partial charge in [0.25, 0.3) is 0 Å². The third-order valence-corrected chi connectivity index (χ3v) is 4.30. The van der Waals surface area contributed by atoms with Crippen molar-refractivity contribution in [2.45, 2.75) is 44.8 Å². The molecule has 1 aliphatic carbocycles. The smallest absolute Gasteiger partial charge is 0.189 e. The predicted molar refractivity (Wildman–Crippen MR) is 88.9 cm³/mol. The van der Waals surface area contributed by atoms with Crippen molar-refractivity contribution in [2.75, 3.05) is 13.7 Å². The van der Waals surface area contributed by atoms with Crippen LogP contribution in [0.4, 0.5) is 0 Å². The Bertz CT molecular complexity index is 485. The maximum absolute atomic E-state index is 10.2. The van der Waals surface area contributed by atoms with Gasteiger partial charge in [-0.2, -0.15) is 0 Å². The second kappa shape index (κ2) is 8.63. The third-order valence-electron chi connectivity index (χ3n) is 4.30. The molecule has 5 heteroatoms. The van der Waals surface area contributed by atoms with E-state index < -0.39 is 0 Å². The summed E-state index contributed by atoms with van der Waals surface area (Å²) in [4.78, 5) is 4.31. The van der Waals surface area contributed by atoms with Crippen LogP contribution in [0.25, 0.3) is 0 Å². The molecule has 1 atom stereocenters. The standard InChI is InChI=1S/C17H27N3O2/c1-22-16-10-6-5-9-14(16)11-19-17(18)20-12-15(21)13-7-3-2-4-8-13/h5-6,9-10,13,15,21H,2-4,7-8,11-12H2,1H3,(H3,18,19,20)/t15-/m0/s1. The molecule has 1 aromatic rings. The van der Waals surface area contributed by atoms with Crippen molar-refractivity contribution in [3.8, 4) is 5.75 Å². The summed E-state index contributed by atoms with van der Waals surface area (Å²) >= 11 is 0. The number of guanidine groups is 1. The fourth-order valence-electron chi connectivity index (χ4n) is 2.95. The average Bonchev–Trinajstić information content (AvgIpc) is 2.58. The summed E-state index contributed by atoms with van der Waals surface area (Å²) in [5.41, 5.74) is 6.87. The van der Waals surface area contributed by atoms with E-state index in [0.717, 1.165) is 24.2 Å². The number of nitrogens with zero attached hydrogens (tertiary/aromatic N) is 1. The topological polar surface area (TPSA) is 79.9 Å². The minimum absolute atomic E-state index is 0.347. The zero-order valence-corrected chi connectivity index (χ0v) is 13.3. The average molecular weight is 305 g/mol. The van der Waals surface area contributed by atoms with Crippen molar-refractivity contribution in [2.24, 2.45) is 16.6 Å². The van der Waals surface area contributed by atoms with Gasteiger partial charge in [0.1, 0.15) is 5.75 Å². The van der Waals surface area contributed by atoms with Gasteiger partial charge in [-0.1, -0.05) is 37.5 Å². The van der Waals surface area contributed by atoms with Crippen LogP contribution in [0.15, 0.2) is 29.3 Å². The van der Waals surface area contributed by atoms with Gasteiger partial charge in [-0.3, -0.25) is 0 Å². The van der Waals surface area contributed by atoms with E-state index in [2.05, 4.69) is 10.3 Å². The highest BCUT2D eigenvalue weighted by molar-refractivity contribution is 5.77. The van der Waals surface area contributed by atoms with E-state index in [1.807, 2.05) is 24.3 Å². The summed E-state index contributed by atoms with van der Waals surface area (Å²) in [7, 11) is 1.64. The van der Waals surface area contributed by atoms with Gasteiger partial charge < -0.3 is 20.9 Å². The molecule has 1 aromatic carbocycles. The predicted octanol–water partition coefficient (Wildman–Crippen LogP) is 2.04. The van der Waals surface area contributed by atoms with Crippen molar-refractivity contribution in [3.05, 3.63) is 29.8 Å². The Morgan fingerprint density at radius 2 is 2.09 bits per heavy atom. The molecule has 0 bridgehead atoms. The van der Waals surface area contributed by atoms with Crippen LogP contribution in [-0.4, -0.2) is 30.8 Å². The van der Waals surface area contributed by atoms with Gasteiger partial charge >= 0.3 is 0 Å². The molecule has 2 rings (SSSR count). The van der Waals surface area contributed by atoms with Crippen LogP contribution in [0.1, 0.15) is 37.7 Å². The quantitative estimate of drug-likeness (QED) is 0.555. The van der Waals surface area contributed by atoms with Crippen LogP contribution in [0.5, 0.6) is 5.75 Å². The summed E-state index contributed by atoms with van der Waals surface area (Å²) in [6.07, 6.45) is 5.61. The fraction of sp³-hybridized carbons (Fsp3) is 0.588. The van der Waals surface area contributed by atoms with Crippen LogP contribution < -0.4 is 15.8 Å². The number of aliphatic imine (C=N–C) groups is 1. The fourth-order valence-corrected chi connectivity index (χ4v) is 2.95. The second-order valence-corrected chi connectivity index (χ2v) is 5.86. The molecule has 0 amide bonds. The van der Waals surface area contributed by atoms with E-state index >= 15 is 0 Å². The molecule has 0 unspecified atom stereocenters. The molecule has 0 saturated heterocycles. The van der Waals surface area contributed by atoms with Crippen molar-refractivity contribution in [1.82, 2.24) is 5.32 Å². The summed E-state index contributed by atoms with van der Waals surface area (Å²) < 4.78 is 5.28. The first-order chi connectivity index (χ1) is 10.7. The lowest BCUT2D eigenvalue weighted by molar-refractivity contribution is 0.0881. The van der Waals surface area contributed by atoms with Crippen LogP contribution >= 0.6 is 0 Å². The zero-order chi connectivity index (χ0) is 15.8. The molecule has 122 valence electrons. The maximum Gasteiger partial charge on any atom is 0.189 e. The van der Waals surface area contributed by atoms with Gasteiger partial charge in [-0.15, -0.1) is 0 Å². The molecule has 22 heavy (non-hydrogen) atoms. The third kappa shape index (κ3) is 4.91. The van der Waals surface area contributed by atoms with Gasteiger partial charge in [0.05, 0.1) is 19.8 Å². The van der Waals surface area contributed by atoms with E-state index in [-0.39, 0.29) is 6.10 Å². The molecule has 5 nitrogen and oxygen atoms in total. The van der Waals surface area contributed by atoms with Gasteiger partial charge in [0.2, 0.25) is 0 Å². The lowest BCUT2D eigenvalue weighted by Gasteiger charge is -2.26. The van der Waals surface area contributed by atoms with Crippen molar-refractivity contribution >= 4 is 5.96 Å². The highest BCUT2D eigenvalue weighted by atomic mass is 16.5. The lowest BCUT2D eigenvalue weighted by Crippen LogP contribution is -2.40. The van der Waals surface area contributed by atoms with Crippen LogP contribution in [0, 0.1) is 5.92 Å². The molecule has 0 spiro atoms. The number of hydrogen-bond donors (Lipinski definition) is 3. The van der Waals surface area contributed by atoms with E-state index in [1.165, 1.54) is 19.3 Å². The molecule has 1 aliphatic rings. The monoisotopic (exact) mass is 305 g/mol. The molecule has 0 aliphatic heterocycles. The first kappa shape index (κ1) is 16.6. The molecular weight excluding hydrogens is 278 g/mol. The van der Waals surface area contributed by atoms with Crippen LogP contribution in [-0.2, 0) is 6.54 Å². The lowest BCUT2D eigenvalue weighted by atomic mass is 9.85. The van der Waals surface area contributed by atoms with Crippen molar-refractivity contribution < 1.29 is 9.84 Å². The number of aliphatic hydroxyl groups excluding tert-OH is 1. The Morgan fingerprint density at radius 1 is 1.36 bits per heavy atom. The largest absolute Gasteiger partial charge is 0.496 e.